The summed E-state index contributed by atoms with van der Waals surface area (Å²) in [5.74, 6) is 0.846. The van der Waals surface area contributed by atoms with Crippen LogP contribution in [0.5, 0.6) is 5.75 Å². The number of halogens is 1. The molecule has 0 fully saturated rings. The summed E-state index contributed by atoms with van der Waals surface area (Å²) >= 11 is 3.59. The number of nitrogens with two attached hydrogens (primary N) is 1. The molecule has 0 radical (unpaired) electrons. The molecule has 1 aromatic carbocycles. The predicted octanol–water partition coefficient (Wildman–Crippen LogP) is 3.88. The highest BCUT2D eigenvalue weighted by Gasteiger charge is 2.14. The van der Waals surface area contributed by atoms with Crippen molar-refractivity contribution in [3.63, 3.8) is 0 Å². The maximum absolute atomic E-state index is 6.03. The van der Waals surface area contributed by atoms with E-state index in [1.54, 1.807) is 0 Å². The third-order valence-corrected chi connectivity index (χ3v) is 4.51. The summed E-state index contributed by atoms with van der Waals surface area (Å²) in [6, 6.07) is 6.07. The summed E-state index contributed by atoms with van der Waals surface area (Å²) in [6.45, 7) is 9.36. The van der Waals surface area contributed by atoms with Crippen molar-refractivity contribution in [3.05, 3.63) is 45.2 Å². The van der Waals surface area contributed by atoms with Gasteiger partial charge in [0.15, 0.2) is 0 Å². The second-order valence-electron chi connectivity index (χ2n) is 5.28. The van der Waals surface area contributed by atoms with Gasteiger partial charge in [-0.2, -0.15) is 5.10 Å². The first-order valence-corrected chi connectivity index (χ1v) is 7.94. The molecule has 0 amide bonds. The second-order valence-corrected chi connectivity index (χ2v) is 6.07. The van der Waals surface area contributed by atoms with Crippen molar-refractivity contribution in [2.75, 3.05) is 0 Å². The van der Waals surface area contributed by atoms with Gasteiger partial charge in [0.25, 0.3) is 0 Å². The van der Waals surface area contributed by atoms with Gasteiger partial charge in [0, 0.05) is 18.2 Å². The standard InChI is InChI=1S/C16H22BrN3O/c1-5-20-14(16(17)12(4)19-20)9-21-15-8-10(2)6-7-13(15)11(3)18/h6-8,11H,5,9,18H2,1-4H3/t11-/m0/s1. The monoisotopic (exact) mass is 351 g/mol. The Morgan fingerprint density at radius 1 is 1.38 bits per heavy atom. The molecular weight excluding hydrogens is 330 g/mol. The van der Waals surface area contributed by atoms with E-state index in [0.717, 1.165) is 39.3 Å². The van der Waals surface area contributed by atoms with Crippen LogP contribution < -0.4 is 10.5 Å². The van der Waals surface area contributed by atoms with Gasteiger partial charge in [0.2, 0.25) is 0 Å². The van der Waals surface area contributed by atoms with E-state index in [0.29, 0.717) is 6.61 Å². The van der Waals surface area contributed by atoms with Crippen LogP contribution in [0, 0.1) is 13.8 Å². The molecule has 0 aliphatic carbocycles. The molecular formula is C16H22BrN3O. The van der Waals surface area contributed by atoms with E-state index in [1.165, 1.54) is 0 Å². The van der Waals surface area contributed by atoms with Crippen molar-refractivity contribution < 1.29 is 4.74 Å². The Labute approximate surface area is 134 Å². The Balaban J connectivity index is 2.26. The number of hydrogen-bond acceptors (Lipinski definition) is 3. The number of benzene rings is 1. The minimum atomic E-state index is -0.0538. The van der Waals surface area contributed by atoms with Gasteiger partial charge in [0.1, 0.15) is 12.4 Å². The summed E-state index contributed by atoms with van der Waals surface area (Å²) in [5.41, 5.74) is 10.2. The highest BCUT2D eigenvalue weighted by molar-refractivity contribution is 9.10. The largest absolute Gasteiger partial charge is 0.487 e. The molecule has 2 N–H and O–H groups in total. The van der Waals surface area contributed by atoms with Crippen LogP contribution in [0.3, 0.4) is 0 Å². The van der Waals surface area contributed by atoms with E-state index in [9.17, 15) is 0 Å². The number of aryl methyl sites for hydroxylation is 3. The molecule has 114 valence electrons. The van der Waals surface area contributed by atoms with Crippen molar-refractivity contribution in [1.82, 2.24) is 9.78 Å². The third kappa shape index (κ3) is 3.47. The van der Waals surface area contributed by atoms with E-state index < -0.39 is 0 Å². The van der Waals surface area contributed by atoms with Gasteiger partial charge in [-0.05, 0) is 55.3 Å². The van der Waals surface area contributed by atoms with Crippen molar-refractivity contribution in [3.8, 4) is 5.75 Å². The van der Waals surface area contributed by atoms with Crippen molar-refractivity contribution in [2.45, 2.75) is 46.9 Å². The molecule has 1 aromatic heterocycles. The lowest BCUT2D eigenvalue weighted by Gasteiger charge is -2.15. The van der Waals surface area contributed by atoms with Crippen molar-refractivity contribution >= 4 is 15.9 Å². The lowest BCUT2D eigenvalue weighted by molar-refractivity contribution is 0.287. The first-order valence-electron chi connectivity index (χ1n) is 7.14. The Morgan fingerprint density at radius 3 is 2.71 bits per heavy atom. The quantitative estimate of drug-likeness (QED) is 0.889. The first-order chi connectivity index (χ1) is 9.93. The summed E-state index contributed by atoms with van der Waals surface area (Å²) in [5, 5.41) is 4.48. The molecule has 5 heteroatoms. The first kappa shape index (κ1) is 16.0. The van der Waals surface area contributed by atoms with Gasteiger partial charge in [-0.25, -0.2) is 0 Å². The minimum Gasteiger partial charge on any atom is -0.487 e. The molecule has 0 bridgehead atoms. The lowest BCUT2D eigenvalue weighted by atomic mass is 10.1. The minimum absolute atomic E-state index is 0.0538. The summed E-state index contributed by atoms with van der Waals surface area (Å²) in [7, 11) is 0. The van der Waals surface area contributed by atoms with Gasteiger partial charge in [-0.3, -0.25) is 4.68 Å². The number of nitrogens with zero attached hydrogens (tertiary/aromatic N) is 2. The number of ether oxygens (including phenoxy) is 1. The van der Waals surface area contributed by atoms with Crippen LogP contribution in [0.1, 0.15) is 42.4 Å². The number of aromatic nitrogens is 2. The van der Waals surface area contributed by atoms with E-state index in [1.807, 2.05) is 37.6 Å². The highest BCUT2D eigenvalue weighted by Crippen LogP contribution is 2.28. The number of rotatable bonds is 5. The fourth-order valence-electron chi connectivity index (χ4n) is 2.30. The van der Waals surface area contributed by atoms with Gasteiger partial charge in [0.05, 0.1) is 15.9 Å². The molecule has 4 nitrogen and oxygen atoms in total. The third-order valence-electron chi connectivity index (χ3n) is 3.48. The summed E-state index contributed by atoms with van der Waals surface area (Å²) in [4.78, 5) is 0. The van der Waals surface area contributed by atoms with Gasteiger partial charge in [-0.1, -0.05) is 12.1 Å². The maximum Gasteiger partial charge on any atom is 0.131 e. The lowest BCUT2D eigenvalue weighted by Crippen LogP contribution is -2.10. The topological polar surface area (TPSA) is 53.1 Å². The van der Waals surface area contributed by atoms with Crippen LogP contribution in [-0.4, -0.2) is 9.78 Å². The highest BCUT2D eigenvalue weighted by atomic mass is 79.9. The van der Waals surface area contributed by atoms with Crippen LogP contribution in [0.25, 0.3) is 0 Å². The van der Waals surface area contributed by atoms with Crippen molar-refractivity contribution in [1.29, 1.82) is 0 Å². The van der Waals surface area contributed by atoms with Crippen LogP contribution in [-0.2, 0) is 13.2 Å². The maximum atomic E-state index is 6.03. The Morgan fingerprint density at radius 2 is 2.10 bits per heavy atom. The molecule has 2 rings (SSSR count). The number of hydrogen-bond donors (Lipinski definition) is 1. The molecule has 21 heavy (non-hydrogen) atoms. The van der Waals surface area contributed by atoms with E-state index in [-0.39, 0.29) is 6.04 Å². The molecule has 0 aliphatic heterocycles. The van der Waals surface area contributed by atoms with Crippen molar-refractivity contribution in [2.24, 2.45) is 5.73 Å². The zero-order valence-corrected chi connectivity index (χ0v) is 14.6. The SMILES string of the molecule is CCn1nc(C)c(Br)c1COc1cc(C)ccc1[C@H](C)N. The molecule has 0 saturated carbocycles. The van der Waals surface area contributed by atoms with E-state index >= 15 is 0 Å². The molecule has 1 atom stereocenters. The molecule has 0 saturated heterocycles. The fourth-order valence-corrected chi connectivity index (χ4v) is 2.69. The zero-order valence-electron chi connectivity index (χ0n) is 13.0. The van der Waals surface area contributed by atoms with E-state index in [4.69, 9.17) is 10.5 Å². The Bertz CT molecular complexity index is 635. The van der Waals surface area contributed by atoms with Crippen LogP contribution in [0.4, 0.5) is 0 Å². The average Bonchev–Trinajstić information content (AvgIpc) is 2.71. The summed E-state index contributed by atoms with van der Waals surface area (Å²) in [6.07, 6.45) is 0. The normalized spacial score (nSPS) is 12.5. The molecule has 1 heterocycles. The zero-order chi connectivity index (χ0) is 15.6. The molecule has 2 aromatic rings. The van der Waals surface area contributed by atoms with Crippen LogP contribution in [0.2, 0.25) is 0 Å². The molecule has 0 unspecified atom stereocenters. The molecule has 0 spiro atoms. The van der Waals surface area contributed by atoms with Gasteiger partial charge in [-0.15, -0.1) is 0 Å². The van der Waals surface area contributed by atoms with Crippen LogP contribution in [0.15, 0.2) is 22.7 Å². The molecule has 0 aliphatic rings. The van der Waals surface area contributed by atoms with Gasteiger partial charge < -0.3 is 10.5 Å². The Kier molecular flexibility index (Phi) is 5.06. The van der Waals surface area contributed by atoms with Gasteiger partial charge >= 0.3 is 0 Å². The predicted molar refractivity (Wildman–Crippen MR) is 88.5 cm³/mol. The second kappa shape index (κ2) is 6.62. The average molecular weight is 352 g/mol. The fraction of sp³-hybridized carbons (Fsp3) is 0.438. The summed E-state index contributed by atoms with van der Waals surface area (Å²) < 4.78 is 9.00. The van der Waals surface area contributed by atoms with Crippen LogP contribution >= 0.6 is 15.9 Å². The van der Waals surface area contributed by atoms with E-state index in [2.05, 4.69) is 34.0 Å². The Hall–Kier alpha value is -1.33. The smallest absolute Gasteiger partial charge is 0.131 e.